The molecule has 0 aromatic carbocycles. The van der Waals surface area contributed by atoms with E-state index in [4.69, 9.17) is 4.74 Å². The van der Waals surface area contributed by atoms with Gasteiger partial charge in [-0.25, -0.2) is 4.79 Å². The molecule has 0 amide bonds. The molecular formula is C19H34O3. The number of carboxylic acids is 1. The number of hydrogen-bond acceptors (Lipinski definition) is 2. The molecule has 1 N–H and O–H groups in total. The lowest BCUT2D eigenvalue weighted by atomic mass is 9.87. The first kappa shape index (κ1) is 19.2. The molecule has 1 aliphatic heterocycles. The third-order valence-corrected chi connectivity index (χ3v) is 4.63. The maximum absolute atomic E-state index is 11.4. The Kier molecular flexibility index (Phi) is 9.45. The minimum absolute atomic E-state index is 0.0386. The molecule has 1 heterocycles. The van der Waals surface area contributed by atoms with Crippen LogP contribution in [0.1, 0.15) is 84.5 Å². The van der Waals surface area contributed by atoms with Crippen molar-refractivity contribution in [2.24, 2.45) is 5.92 Å². The van der Waals surface area contributed by atoms with Crippen molar-refractivity contribution in [3.8, 4) is 0 Å². The Hall–Kier alpha value is -0.830. The van der Waals surface area contributed by atoms with Crippen molar-refractivity contribution in [2.75, 3.05) is 6.61 Å². The molecule has 3 nitrogen and oxygen atoms in total. The second-order valence-electron chi connectivity index (χ2n) is 6.57. The summed E-state index contributed by atoms with van der Waals surface area (Å²) in [5, 5.41) is 9.39. The average molecular weight is 310 g/mol. The van der Waals surface area contributed by atoms with E-state index in [0.717, 1.165) is 32.1 Å². The molecule has 0 bridgehead atoms. The van der Waals surface area contributed by atoms with Crippen molar-refractivity contribution >= 4 is 5.97 Å². The maximum atomic E-state index is 11.4. The zero-order valence-corrected chi connectivity index (χ0v) is 14.5. The number of carbonyl (C=O) groups is 1. The van der Waals surface area contributed by atoms with Crippen LogP contribution in [0.25, 0.3) is 0 Å². The molecule has 2 unspecified atom stereocenters. The van der Waals surface area contributed by atoms with E-state index in [2.05, 4.69) is 26.0 Å². The van der Waals surface area contributed by atoms with Crippen LogP contribution < -0.4 is 0 Å². The van der Waals surface area contributed by atoms with E-state index in [0.29, 0.717) is 6.61 Å². The first-order chi connectivity index (χ1) is 10.7. The van der Waals surface area contributed by atoms with Crippen molar-refractivity contribution in [1.29, 1.82) is 0 Å². The molecule has 3 heteroatoms. The highest BCUT2D eigenvalue weighted by Gasteiger charge is 2.57. The summed E-state index contributed by atoms with van der Waals surface area (Å²) in [5.74, 6) is -0.755. The van der Waals surface area contributed by atoms with Gasteiger partial charge in [-0.1, -0.05) is 77.4 Å². The van der Waals surface area contributed by atoms with Gasteiger partial charge < -0.3 is 9.84 Å². The predicted molar refractivity (Wildman–Crippen MR) is 91.1 cm³/mol. The van der Waals surface area contributed by atoms with Gasteiger partial charge in [0.25, 0.3) is 0 Å². The number of rotatable bonds is 14. The Morgan fingerprint density at radius 2 is 1.68 bits per heavy atom. The van der Waals surface area contributed by atoms with Crippen molar-refractivity contribution in [3.63, 3.8) is 0 Å². The Balaban J connectivity index is 2.31. The van der Waals surface area contributed by atoms with E-state index in [1.165, 1.54) is 38.5 Å². The highest BCUT2D eigenvalue weighted by Crippen LogP contribution is 2.39. The summed E-state index contributed by atoms with van der Waals surface area (Å²) in [6.45, 7) is 4.78. The number of epoxide rings is 1. The second kappa shape index (κ2) is 10.8. The lowest BCUT2D eigenvalue weighted by Gasteiger charge is -2.17. The van der Waals surface area contributed by atoms with Crippen LogP contribution in [0.15, 0.2) is 12.2 Å². The third kappa shape index (κ3) is 6.51. The van der Waals surface area contributed by atoms with Crippen LogP contribution in [0.2, 0.25) is 0 Å². The number of unbranched alkanes of at least 4 members (excludes halogenated alkanes) is 8. The van der Waals surface area contributed by atoms with Crippen LogP contribution in [0.5, 0.6) is 0 Å². The summed E-state index contributed by atoms with van der Waals surface area (Å²) in [6.07, 6.45) is 17.5. The van der Waals surface area contributed by atoms with E-state index in [1.807, 2.05) is 0 Å². The first-order valence-electron chi connectivity index (χ1n) is 9.21. The summed E-state index contributed by atoms with van der Waals surface area (Å²) in [6, 6.07) is 0. The standard InChI is InChI=1S/C19H34O3/c1-3-5-7-8-9-10-11-13-15-17(14-12-6-4-2)19(16-22-19)18(20)21/h13,15,17H,3-12,14,16H2,1-2H3,(H,20,21)/b15-13-. The monoisotopic (exact) mass is 310 g/mol. The summed E-state index contributed by atoms with van der Waals surface area (Å²) in [5.41, 5.74) is -0.911. The molecule has 0 aromatic heterocycles. The van der Waals surface area contributed by atoms with Crippen molar-refractivity contribution < 1.29 is 14.6 Å². The molecule has 1 saturated heterocycles. The van der Waals surface area contributed by atoms with Gasteiger partial charge in [0.15, 0.2) is 5.60 Å². The van der Waals surface area contributed by atoms with Crippen molar-refractivity contribution in [3.05, 3.63) is 12.2 Å². The van der Waals surface area contributed by atoms with E-state index >= 15 is 0 Å². The van der Waals surface area contributed by atoms with E-state index in [-0.39, 0.29) is 5.92 Å². The molecule has 2 atom stereocenters. The van der Waals surface area contributed by atoms with Crippen LogP contribution >= 0.6 is 0 Å². The highest BCUT2D eigenvalue weighted by molar-refractivity contribution is 5.81. The van der Waals surface area contributed by atoms with Gasteiger partial charge in [-0.3, -0.25) is 0 Å². The number of aliphatic carboxylic acids is 1. The molecule has 0 aromatic rings. The minimum Gasteiger partial charge on any atom is -0.479 e. The largest absolute Gasteiger partial charge is 0.479 e. The van der Waals surface area contributed by atoms with Crippen molar-refractivity contribution in [1.82, 2.24) is 0 Å². The number of ether oxygens (including phenoxy) is 1. The molecule has 1 rings (SSSR count). The van der Waals surface area contributed by atoms with Gasteiger partial charge >= 0.3 is 5.97 Å². The fourth-order valence-corrected chi connectivity index (χ4v) is 2.98. The van der Waals surface area contributed by atoms with E-state index in [1.54, 1.807) is 0 Å². The Morgan fingerprint density at radius 1 is 1.09 bits per heavy atom. The van der Waals surface area contributed by atoms with Gasteiger partial charge in [0.2, 0.25) is 0 Å². The van der Waals surface area contributed by atoms with Gasteiger partial charge in [-0.15, -0.1) is 0 Å². The summed E-state index contributed by atoms with van der Waals surface area (Å²) in [7, 11) is 0. The smallest absolute Gasteiger partial charge is 0.339 e. The SMILES string of the molecule is CCCCCCCC/C=C\C(CCCCC)C1(C(=O)O)CO1. The quantitative estimate of drug-likeness (QED) is 0.267. The molecule has 1 aliphatic rings. The molecular weight excluding hydrogens is 276 g/mol. The van der Waals surface area contributed by atoms with Gasteiger partial charge in [-0.2, -0.15) is 0 Å². The van der Waals surface area contributed by atoms with Crippen LogP contribution in [0.4, 0.5) is 0 Å². The van der Waals surface area contributed by atoms with E-state index < -0.39 is 11.6 Å². The molecule has 0 saturated carbocycles. The van der Waals surface area contributed by atoms with Crippen LogP contribution in [0.3, 0.4) is 0 Å². The van der Waals surface area contributed by atoms with Gasteiger partial charge in [0.1, 0.15) is 0 Å². The third-order valence-electron chi connectivity index (χ3n) is 4.63. The van der Waals surface area contributed by atoms with Crippen molar-refractivity contribution in [2.45, 2.75) is 90.1 Å². The lowest BCUT2D eigenvalue weighted by molar-refractivity contribution is -0.144. The highest BCUT2D eigenvalue weighted by atomic mass is 16.6. The lowest BCUT2D eigenvalue weighted by Crippen LogP contribution is -2.32. The Labute approximate surface area is 136 Å². The number of hydrogen-bond donors (Lipinski definition) is 1. The van der Waals surface area contributed by atoms with Crippen LogP contribution in [-0.2, 0) is 9.53 Å². The van der Waals surface area contributed by atoms with Crippen LogP contribution in [-0.4, -0.2) is 23.3 Å². The summed E-state index contributed by atoms with van der Waals surface area (Å²) < 4.78 is 5.32. The fraction of sp³-hybridized carbons (Fsp3) is 0.842. The molecule has 0 aliphatic carbocycles. The number of carboxylic acid groups (broad SMARTS) is 1. The van der Waals surface area contributed by atoms with Crippen LogP contribution in [0, 0.1) is 5.92 Å². The topological polar surface area (TPSA) is 49.8 Å². The van der Waals surface area contributed by atoms with E-state index in [9.17, 15) is 9.90 Å². The zero-order chi connectivity index (χ0) is 16.3. The molecule has 22 heavy (non-hydrogen) atoms. The Bertz CT molecular complexity index is 332. The second-order valence-corrected chi connectivity index (χ2v) is 6.57. The summed E-state index contributed by atoms with van der Waals surface area (Å²) >= 11 is 0. The number of allylic oxidation sites excluding steroid dienone is 1. The molecule has 0 radical (unpaired) electrons. The zero-order valence-electron chi connectivity index (χ0n) is 14.5. The Morgan fingerprint density at radius 3 is 2.27 bits per heavy atom. The van der Waals surface area contributed by atoms with Gasteiger partial charge in [0.05, 0.1) is 6.61 Å². The fourth-order valence-electron chi connectivity index (χ4n) is 2.98. The molecule has 128 valence electrons. The average Bonchev–Trinajstić information content (AvgIpc) is 3.30. The molecule has 0 spiro atoms. The van der Waals surface area contributed by atoms with Gasteiger partial charge in [0, 0.05) is 5.92 Å². The predicted octanol–water partition coefficient (Wildman–Crippen LogP) is 5.34. The molecule has 1 fully saturated rings. The minimum atomic E-state index is -0.911. The van der Waals surface area contributed by atoms with Gasteiger partial charge in [-0.05, 0) is 19.3 Å². The summed E-state index contributed by atoms with van der Waals surface area (Å²) in [4.78, 5) is 11.4. The first-order valence-corrected chi connectivity index (χ1v) is 9.21. The normalized spacial score (nSPS) is 22.1. The maximum Gasteiger partial charge on any atom is 0.339 e.